The van der Waals surface area contributed by atoms with Crippen molar-refractivity contribution >= 4 is 7.37 Å². The molecule has 0 amide bonds. The van der Waals surface area contributed by atoms with Gasteiger partial charge in [0.2, 0.25) is 7.37 Å². The van der Waals surface area contributed by atoms with E-state index in [1.165, 1.54) is 0 Å². The summed E-state index contributed by atoms with van der Waals surface area (Å²) >= 11 is 0. The zero-order chi connectivity index (χ0) is 9.90. The van der Waals surface area contributed by atoms with E-state index in [-0.39, 0.29) is 0 Å². The lowest BCUT2D eigenvalue weighted by molar-refractivity contribution is 0.308. The van der Waals surface area contributed by atoms with E-state index in [4.69, 9.17) is 4.52 Å². The van der Waals surface area contributed by atoms with E-state index in [1.54, 1.807) is 0 Å². The van der Waals surface area contributed by atoms with Gasteiger partial charge in [-0.25, -0.2) is 0 Å². The van der Waals surface area contributed by atoms with Crippen LogP contribution in [0, 0.1) is 11.8 Å². The second kappa shape index (κ2) is 4.61. The highest BCUT2D eigenvalue weighted by Gasteiger charge is 2.37. The summed E-state index contributed by atoms with van der Waals surface area (Å²) in [5.41, 5.74) is 0. The van der Waals surface area contributed by atoms with Crippen LogP contribution in [-0.2, 0) is 9.09 Å². The molecule has 3 atom stereocenters. The lowest BCUT2D eigenvalue weighted by Crippen LogP contribution is -2.01. The van der Waals surface area contributed by atoms with Gasteiger partial charge < -0.3 is 4.52 Å². The van der Waals surface area contributed by atoms with Crippen molar-refractivity contribution < 1.29 is 9.09 Å². The first-order valence-corrected chi connectivity index (χ1v) is 7.29. The molecule has 0 aromatic rings. The fraction of sp³-hybridized carbons (Fsp3) is 1.00. The lowest BCUT2D eigenvalue weighted by Gasteiger charge is -2.11. The predicted molar refractivity (Wildman–Crippen MR) is 56.5 cm³/mol. The first kappa shape index (κ1) is 11.3. The molecular weight excluding hydrogens is 183 g/mol. The first-order valence-electron chi connectivity index (χ1n) is 5.30. The average molecular weight is 204 g/mol. The molecule has 1 aliphatic rings. The topological polar surface area (TPSA) is 26.3 Å². The third-order valence-electron chi connectivity index (χ3n) is 2.93. The van der Waals surface area contributed by atoms with E-state index in [0.29, 0.717) is 18.4 Å². The van der Waals surface area contributed by atoms with Gasteiger partial charge >= 0.3 is 0 Å². The fourth-order valence-corrected chi connectivity index (χ4v) is 5.09. The molecule has 1 aliphatic heterocycles. The molecule has 13 heavy (non-hydrogen) atoms. The Labute approximate surface area is 81.5 Å². The van der Waals surface area contributed by atoms with E-state index in [0.717, 1.165) is 25.2 Å². The molecule has 1 heterocycles. The van der Waals surface area contributed by atoms with Gasteiger partial charge in [-0.05, 0) is 18.3 Å². The summed E-state index contributed by atoms with van der Waals surface area (Å²) in [6.45, 7) is 7.16. The summed E-state index contributed by atoms with van der Waals surface area (Å²) < 4.78 is 17.6. The Morgan fingerprint density at radius 2 is 1.85 bits per heavy atom. The van der Waals surface area contributed by atoms with E-state index < -0.39 is 7.37 Å². The molecule has 1 unspecified atom stereocenters. The Balaban J connectivity index is 2.36. The zero-order valence-electron chi connectivity index (χ0n) is 8.95. The van der Waals surface area contributed by atoms with Crippen LogP contribution in [0.3, 0.4) is 0 Å². The molecule has 0 bridgehead atoms. The Hall–Kier alpha value is 0.190. The van der Waals surface area contributed by atoms with Crippen molar-refractivity contribution in [2.75, 3.05) is 18.9 Å². The second-order valence-corrected chi connectivity index (χ2v) is 6.94. The largest absolute Gasteiger partial charge is 0.328 e. The predicted octanol–water partition coefficient (Wildman–Crippen LogP) is 3.37. The molecule has 3 heteroatoms. The summed E-state index contributed by atoms with van der Waals surface area (Å²) in [5, 5.41) is 0. The van der Waals surface area contributed by atoms with Gasteiger partial charge in [-0.2, -0.15) is 0 Å². The molecule has 78 valence electrons. The van der Waals surface area contributed by atoms with Crippen molar-refractivity contribution in [2.45, 2.75) is 33.6 Å². The maximum atomic E-state index is 12.1. The van der Waals surface area contributed by atoms with Crippen LogP contribution in [0.4, 0.5) is 0 Å². The van der Waals surface area contributed by atoms with Gasteiger partial charge in [-0.15, -0.1) is 0 Å². The van der Waals surface area contributed by atoms with Crippen LogP contribution in [0.25, 0.3) is 0 Å². The van der Waals surface area contributed by atoms with Crippen molar-refractivity contribution in [1.29, 1.82) is 0 Å². The quantitative estimate of drug-likeness (QED) is 0.518. The van der Waals surface area contributed by atoms with Gasteiger partial charge in [-0.1, -0.05) is 27.2 Å². The van der Waals surface area contributed by atoms with Gasteiger partial charge in [-0.3, -0.25) is 4.57 Å². The first-order chi connectivity index (χ1) is 6.07. The van der Waals surface area contributed by atoms with Gasteiger partial charge in [0.15, 0.2) is 0 Å². The Kier molecular flexibility index (Phi) is 4.00. The molecule has 0 radical (unpaired) electrons. The molecule has 0 spiro atoms. The molecule has 2 nitrogen and oxygen atoms in total. The third-order valence-corrected chi connectivity index (χ3v) is 5.85. The molecule has 1 saturated heterocycles. The molecule has 0 saturated carbocycles. The maximum absolute atomic E-state index is 12.1. The van der Waals surface area contributed by atoms with Crippen LogP contribution in [0.15, 0.2) is 0 Å². The normalized spacial score (nSPS) is 39.6. The Bertz CT molecular complexity index is 189. The van der Waals surface area contributed by atoms with E-state index in [2.05, 4.69) is 20.8 Å². The summed E-state index contributed by atoms with van der Waals surface area (Å²) in [6.07, 6.45) is 3.76. The average Bonchev–Trinajstić information content (AvgIpc) is 2.27. The van der Waals surface area contributed by atoms with Crippen LogP contribution >= 0.6 is 7.37 Å². The van der Waals surface area contributed by atoms with E-state index in [1.807, 2.05) is 0 Å². The van der Waals surface area contributed by atoms with Crippen LogP contribution in [-0.4, -0.2) is 18.9 Å². The Morgan fingerprint density at radius 1 is 1.31 bits per heavy atom. The minimum atomic E-state index is -2.21. The van der Waals surface area contributed by atoms with Crippen molar-refractivity contribution in [1.82, 2.24) is 0 Å². The smallest absolute Gasteiger partial charge is 0.203 e. The minimum absolute atomic E-state index is 0.576. The zero-order valence-corrected chi connectivity index (χ0v) is 9.85. The van der Waals surface area contributed by atoms with Crippen molar-refractivity contribution in [3.63, 3.8) is 0 Å². The highest BCUT2D eigenvalue weighted by Crippen LogP contribution is 2.57. The molecule has 0 aliphatic carbocycles. The standard InChI is InChI=1S/C10H21O2P/c1-4-5-6-12-13(11)7-9(2)10(3)8-13/h9-10H,4-8H2,1-3H3/t9-,10+,13?. The van der Waals surface area contributed by atoms with Crippen molar-refractivity contribution in [3.8, 4) is 0 Å². The summed E-state index contributed by atoms with van der Waals surface area (Å²) in [4.78, 5) is 0. The van der Waals surface area contributed by atoms with Gasteiger partial charge in [0.25, 0.3) is 0 Å². The van der Waals surface area contributed by atoms with Crippen LogP contribution < -0.4 is 0 Å². The fourth-order valence-electron chi connectivity index (χ4n) is 1.79. The second-order valence-electron chi connectivity index (χ2n) is 4.32. The van der Waals surface area contributed by atoms with Crippen LogP contribution in [0.1, 0.15) is 33.6 Å². The van der Waals surface area contributed by atoms with E-state index >= 15 is 0 Å². The number of hydrogen-bond acceptors (Lipinski definition) is 2. The highest BCUT2D eigenvalue weighted by atomic mass is 31.2. The summed E-state index contributed by atoms with van der Waals surface area (Å²) in [5.74, 6) is 1.15. The highest BCUT2D eigenvalue weighted by molar-refractivity contribution is 7.59. The number of hydrogen-bond donors (Lipinski definition) is 0. The van der Waals surface area contributed by atoms with Crippen LogP contribution in [0.2, 0.25) is 0 Å². The van der Waals surface area contributed by atoms with Crippen LogP contribution in [0.5, 0.6) is 0 Å². The number of unbranched alkanes of at least 4 members (excludes halogenated alkanes) is 1. The summed E-state index contributed by atoms with van der Waals surface area (Å²) in [7, 11) is -2.21. The van der Waals surface area contributed by atoms with Gasteiger partial charge in [0.1, 0.15) is 0 Å². The molecular formula is C10H21O2P. The molecule has 1 fully saturated rings. The van der Waals surface area contributed by atoms with Crippen molar-refractivity contribution in [2.24, 2.45) is 11.8 Å². The molecule has 1 rings (SSSR count). The van der Waals surface area contributed by atoms with E-state index in [9.17, 15) is 4.57 Å². The SMILES string of the molecule is CCCCOP1(=O)C[C@@H](C)[C@@H](C)C1. The molecule has 0 aromatic carbocycles. The Morgan fingerprint density at radius 3 is 2.31 bits per heavy atom. The summed E-state index contributed by atoms with van der Waals surface area (Å²) in [6, 6.07) is 0. The van der Waals surface area contributed by atoms with Gasteiger partial charge in [0, 0.05) is 12.3 Å². The minimum Gasteiger partial charge on any atom is -0.328 e. The maximum Gasteiger partial charge on any atom is 0.203 e. The van der Waals surface area contributed by atoms with Gasteiger partial charge in [0.05, 0.1) is 6.61 Å². The molecule has 0 aromatic heterocycles. The molecule has 0 N–H and O–H groups in total. The third kappa shape index (κ3) is 3.11. The lowest BCUT2D eigenvalue weighted by atomic mass is 10.0. The van der Waals surface area contributed by atoms with Crippen molar-refractivity contribution in [3.05, 3.63) is 0 Å². The monoisotopic (exact) mass is 204 g/mol. The number of rotatable bonds is 4.